The van der Waals surface area contributed by atoms with Crippen LogP contribution in [0.4, 0.5) is 0 Å². The van der Waals surface area contributed by atoms with E-state index in [0.29, 0.717) is 12.2 Å². The van der Waals surface area contributed by atoms with Crippen LogP contribution in [0.25, 0.3) is 0 Å². The van der Waals surface area contributed by atoms with Crippen molar-refractivity contribution in [2.24, 2.45) is 0 Å². The van der Waals surface area contributed by atoms with E-state index in [2.05, 4.69) is 4.72 Å². The van der Waals surface area contributed by atoms with Crippen LogP contribution in [0.2, 0.25) is 0 Å². The van der Waals surface area contributed by atoms with Crippen LogP contribution < -0.4 is 4.72 Å². The Morgan fingerprint density at radius 3 is 2.50 bits per heavy atom. The largest absolute Gasteiger partial charge is 0.481 e. The molecule has 0 amide bonds. The molecule has 0 aromatic rings. The summed E-state index contributed by atoms with van der Waals surface area (Å²) in [4.78, 5) is 10.2. The van der Waals surface area contributed by atoms with E-state index in [4.69, 9.17) is 5.11 Å². The fourth-order valence-electron chi connectivity index (χ4n) is 0.989. The molecular formula is C8H17NO5S2. The van der Waals surface area contributed by atoms with Crippen molar-refractivity contribution < 1.29 is 22.5 Å². The molecule has 96 valence electrons. The van der Waals surface area contributed by atoms with Gasteiger partial charge in [0.05, 0.1) is 5.75 Å². The third kappa shape index (κ3) is 10.1. The molecule has 0 fully saturated rings. The Morgan fingerprint density at radius 1 is 1.38 bits per heavy atom. The van der Waals surface area contributed by atoms with E-state index in [1.54, 1.807) is 6.26 Å². The maximum atomic E-state index is 11.3. The standard InChI is InChI=1S/C8H17NO5S2/c1-15(12)6-3-5-9-16(13,14)7-2-4-8(10)11/h9H,2-7H2,1H3,(H,10,11). The highest BCUT2D eigenvalue weighted by molar-refractivity contribution is 7.89. The number of carboxylic acids is 1. The zero-order valence-electron chi connectivity index (χ0n) is 9.14. The molecule has 0 aliphatic carbocycles. The lowest BCUT2D eigenvalue weighted by Gasteiger charge is -2.04. The molecule has 8 heteroatoms. The maximum Gasteiger partial charge on any atom is 0.303 e. The van der Waals surface area contributed by atoms with E-state index >= 15 is 0 Å². The Morgan fingerprint density at radius 2 is 2.00 bits per heavy atom. The third-order valence-electron chi connectivity index (χ3n) is 1.73. The molecule has 0 radical (unpaired) electrons. The lowest BCUT2D eigenvalue weighted by atomic mass is 10.3. The number of rotatable bonds is 9. The van der Waals surface area contributed by atoms with Gasteiger partial charge < -0.3 is 5.11 Å². The Labute approximate surface area is 97.9 Å². The number of hydrogen-bond donors (Lipinski definition) is 2. The van der Waals surface area contributed by atoms with Crippen LogP contribution in [-0.4, -0.2) is 48.0 Å². The van der Waals surface area contributed by atoms with E-state index < -0.39 is 26.8 Å². The first-order valence-electron chi connectivity index (χ1n) is 4.82. The van der Waals surface area contributed by atoms with Gasteiger partial charge in [-0.05, 0) is 12.8 Å². The summed E-state index contributed by atoms with van der Waals surface area (Å²) in [6.07, 6.45) is 2.02. The molecule has 0 saturated carbocycles. The Balaban J connectivity index is 3.70. The quantitative estimate of drug-likeness (QED) is 0.553. The molecule has 2 N–H and O–H groups in total. The Kier molecular flexibility index (Phi) is 7.52. The van der Waals surface area contributed by atoms with Gasteiger partial charge in [0.2, 0.25) is 10.0 Å². The first-order chi connectivity index (χ1) is 7.33. The van der Waals surface area contributed by atoms with Gasteiger partial charge in [-0.1, -0.05) is 0 Å². The van der Waals surface area contributed by atoms with Gasteiger partial charge in [0.15, 0.2) is 0 Å². The minimum absolute atomic E-state index is 0.102. The van der Waals surface area contributed by atoms with E-state index in [1.165, 1.54) is 0 Å². The van der Waals surface area contributed by atoms with Crippen molar-refractivity contribution in [3.8, 4) is 0 Å². The predicted molar refractivity (Wildman–Crippen MR) is 62.2 cm³/mol. The van der Waals surface area contributed by atoms with Crippen molar-refractivity contribution in [2.75, 3.05) is 24.3 Å². The topological polar surface area (TPSA) is 101 Å². The molecular weight excluding hydrogens is 254 g/mol. The zero-order valence-corrected chi connectivity index (χ0v) is 10.8. The smallest absolute Gasteiger partial charge is 0.303 e. The number of aliphatic carboxylic acids is 1. The van der Waals surface area contributed by atoms with E-state index in [0.717, 1.165) is 0 Å². The molecule has 0 bridgehead atoms. The average Bonchev–Trinajstić information content (AvgIpc) is 2.11. The summed E-state index contributed by atoms with van der Waals surface area (Å²) in [7, 11) is -4.31. The van der Waals surface area contributed by atoms with Crippen LogP contribution in [0.1, 0.15) is 19.3 Å². The number of carboxylic acid groups (broad SMARTS) is 1. The molecule has 1 atom stereocenters. The maximum absolute atomic E-state index is 11.3. The van der Waals surface area contributed by atoms with Crippen LogP contribution in [0.15, 0.2) is 0 Å². The molecule has 6 nitrogen and oxygen atoms in total. The molecule has 0 aliphatic heterocycles. The first kappa shape index (κ1) is 15.5. The van der Waals surface area contributed by atoms with Crippen molar-refractivity contribution >= 4 is 26.8 Å². The van der Waals surface area contributed by atoms with Gasteiger partial charge in [0.1, 0.15) is 0 Å². The number of sulfonamides is 1. The highest BCUT2D eigenvalue weighted by atomic mass is 32.2. The van der Waals surface area contributed by atoms with Gasteiger partial charge in [-0.15, -0.1) is 0 Å². The lowest BCUT2D eigenvalue weighted by molar-refractivity contribution is -0.137. The van der Waals surface area contributed by atoms with Crippen molar-refractivity contribution in [3.05, 3.63) is 0 Å². The molecule has 0 aromatic heterocycles. The minimum Gasteiger partial charge on any atom is -0.481 e. The zero-order chi connectivity index (χ0) is 12.6. The Bertz CT molecular complexity index is 338. The van der Waals surface area contributed by atoms with Gasteiger partial charge in [0, 0.05) is 35.8 Å². The van der Waals surface area contributed by atoms with E-state index in [9.17, 15) is 17.4 Å². The second-order valence-corrected chi connectivity index (χ2v) is 6.82. The van der Waals surface area contributed by atoms with Crippen molar-refractivity contribution in [2.45, 2.75) is 19.3 Å². The normalized spacial score (nSPS) is 13.6. The minimum atomic E-state index is -3.39. The summed E-state index contributed by atoms with van der Waals surface area (Å²) in [5, 5.41) is 8.34. The number of nitrogens with one attached hydrogen (secondary N) is 1. The molecule has 1 unspecified atom stereocenters. The summed E-state index contributed by atoms with van der Waals surface area (Å²) in [5.74, 6) is -0.733. The van der Waals surface area contributed by atoms with Crippen molar-refractivity contribution in [1.82, 2.24) is 4.72 Å². The van der Waals surface area contributed by atoms with Gasteiger partial charge in [0.25, 0.3) is 0 Å². The highest BCUT2D eigenvalue weighted by Gasteiger charge is 2.10. The van der Waals surface area contributed by atoms with Crippen LogP contribution in [-0.2, 0) is 25.6 Å². The van der Waals surface area contributed by atoms with Crippen LogP contribution in [0.5, 0.6) is 0 Å². The van der Waals surface area contributed by atoms with E-state index in [1.807, 2.05) is 0 Å². The van der Waals surface area contributed by atoms with Gasteiger partial charge in [-0.2, -0.15) is 0 Å². The molecule has 0 heterocycles. The summed E-state index contributed by atoms with van der Waals surface area (Å²) >= 11 is 0. The molecule has 0 aliphatic rings. The molecule has 0 rings (SSSR count). The SMILES string of the molecule is CS(=O)CCCNS(=O)(=O)CCCC(=O)O. The molecule has 0 spiro atoms. The fraction of sp³-hybridized carbons (Fsp3) is 0.875. The molecule has 0 aromatic carbocycles. The van der Waals surface area contributed by atoms with Gasteiger partial charge in [-0.25, -0.2) is 13.1 Å². The predicted octanol–water partition coefficient (Wildman–Crippen LogP) is -0.461. The van der Waals surface area contributed by atoms with E-state index in [-0.39, 0.29) is 25.1 Å². The van der Waals surface area contributed by atoms with Crippen LogP contribution >= 0.6 is 0 Å². The van der Waals surface area contributed by atoms with Crippen molar-refractivity contribution in [3.63, 3.8) is 0 Å². The average molecular weight is 271 g/mol. The second-order valence-electron chi connectivity index (χ2n) is 3.34. The van der Waals surface area contributed by atoms with Crippen LogP contribution in [0, 0.1) is 0 Å². The summed E-state index contributed by atoms with van der Waals surface area (Å²) in [6.45, 7) is 0.245. The summed E-state index contributed by atoms with van der Waals surface area (Å²) < 4.78 is 35.6. The Hall–Kier alpha value is -0.470. The van der Waals surface area contributed by atoms with Crippen LogP contribution in [0.3, 0.4) is 0 Å². The number of hydrogen-bond acceptors (Lipinski definition) is 4. The summed E-state index contributed by atoms with van der Waals surface area (Å²) in [6, 6.07) is 0. The second kappa shape index (κ2) is 7.75. The monoisotopic (exact) mass is 271 g/mol. The molecule has 16 heavy (non-hydrogen) atoms. The fourth-order valence-corrected chi connectivity index (χ4v) is 2.66. The number of carbonyl (C=O) groups is 1. The van der Waals surface area contributed by atoms with Crippen molar-refractivity contribution in [1.29, 1.82) is 0 Å². The summed E-state index contributed by atoms with van der Waals surface area (Å²) in [5.41, 5.74) is 0. The van der Waals surface area contributed by atoms with Gasteiger partial charge >= 0.3 is 5.97 Å². The highest BCUT2D eigenvalue weighted by Crippen LogP contribution is 1.95. The van der Waals surface area contributed by atoms with Gasteiger partial charge in [-0.3, -0.25) is 9.00 Å². The third-order valence-corrected chi connectivity index (χ3v) is 4.07. The molecule has 0 saturated heterocycles. The first-order valence-corrected chi connectivity index (χ1v) is 8.20. The lowest BCUT2D eigenvalue weighted by Crippen LogP contribution is -2.28.